The minimum Gasteiger partial charge on any atom is -0.356 e. The van der Waals surface area contributed by atoms with Crippen LogP contribution in [-0.4, -0.2) is 20.2 Å². The number of nitrogens with zero attached hydrogens (tertiary/aromatic N) is 2. The van der Waals surface area contributed by atoms with Gasteiger partial charge in [0, 0.05) is 6.20 Å². The van der Waals surface area contributed by atoms with E-state index < -0.39 is 11.2 Å². The molecule has 3 N–H and O–H groups in total. The number of hydrogen-bond acceptors (Lipinski definition) is 5. The molecule has 0 saturated heterocycles. The summed E-state index contributed by atoms with van der Waals surface area (Å²) in [7, 11) is 0. The zero-order chi connectivity index (χ0) is 12.3. The molecule has 0 aromatic carbocycles. The summed E-state index contributed by atoms with van der Waals surface area (Å²) in [5, 5.41) is 8.64. The monoisotopic (exact) mass is 233 g/mol. The first-order valence-corrected chi connectivity index (χ1v) is 5.03. The van der Waals surface area contributed by atoms with E-state index in [0.717, 1.165) is 5.69 Å². The van der Waals surface area contributed by atoms with Crippen LogP contribution in [0, 0.1) is 0 Å². The van der Waals surface area contributed by atoms with E-state index in [0.29, 0.717) is 0 Å². The molecule has 0 saturated carbocycles. The normalized spacial score (nSPS) is 12.1. The summed E-state index contributed by atoms with van der Waals surface area (Å²) in [4.78, 5) is 28.4. The van der Waals surface area contributed by atoms with E-state index in [1.54, 1.807) is 12.3 Å². The van der Waals surface area contributed by atoms with Crippen molar-refractivity contribution in [2.45, 2.75) is 13.0 Å². The van der Waals surface area contributed by atoms with Gasteiger partial charge in [-0.1, -0.05) is 6.07 Å². The van der Waals surface area contributed by atoms with Crippen LogP contribution in [-0.2, 0) is 0 Å². The molecular weight excluding hydrogens is 222 g/mol. The van der Waals surface area contributed by atoms with Gasteiger partial charge in [0.1, 0.15) is 0 Å². The second-order valence-electron chi connectivity index (χ2n) is 3.48. The summed E-state index contributed by atoms with van der Waals surface area (Å²) in [5.41, 5.74) is -0.414. The number of anilines is 1. The summed E-state index contributed by atoms with van der Waals surface area (Å²) < 4.78 is 0. The van der Waals surface area contributed by atoms with Gasteiger partial charge >= 0.3 is 5.69 Å². The lowest BCUT2D eigenvalue weighted by molar-refractivity contribution is 0.802. The first kappa shape index (κ1) is 11.1. The fourth-order valence-electron chi connectivity index (χ4n) is 1.36. The molecule has 2 rings (SSSR count). The van der Waals surface area contributed by atoms with Gasteiger partial charge in [0.05, 0.1) is 11.7 Å². The van der Waals surface area contributed by atoms with Crippen molar-refractivity contribution < 1.29 is 0 Å². The van der Waals surface area contributed by atoms with Crippen LogP contribution in [0.5, 0.6) is 0 Å². The molecule has 0 bridgehead atoms. The smallest absolute Gasteiger partial charge is 0.342 e. The molecule has 1 unspecified atom stereocenters. The lowest BCUT2D eigenvalue weighted by Crippen LogP contribution is -2.27. The van der Waals surface area contributed by atoms with E-state index in [-0.39, 0.29) is 11.9 Å². The summed E-state index contributed by atoms with van der Waals surface area (Å²) in [6.07, 6.45) is 1.66. The van der Waals surface area contributed by atoms with E-state index in [4.69, 9.17) is 0 Å². The van der Waals surface area contributed by atoms with Gasteiger partial charge in [-0.15, -0.1) is 5.10 Å². The van der Waals surface area contributed by atoms with Crippen LogP contribution in [0.1, 0.15) is 18.7 Å². The topological polar surface area (TPSA) is 104 Å². The lowest BCUT2D eigenvalue weighted by atomic mass is 10.2. The Balaban J connectivity index is 2.22. The predicted molar refractivity (Wildman–Crippen MR) is 61.8 cm³/mol. The van der Waals surface area contributed by atoms with E-state index in [2.05, 4.69) is 25.5 Å². The third-order valence-electron chi connectivity index (χ3n) is 2.20. The third-order valence-corrected chi connectivity index (χ3v) is 2.20. The van der Waals surface area contributed by atoms with Crippen molar-refractivity contribution in [3.05, 3.63) is 50.9 Å². The van der Waals surface area contributed by atoms with E-state index >= 15 is 0 Å². The molecule has 0 amide bonds. The highest BCUT2D eigenvalue weighted by molar-refractivity contribution is 5.32. The summed E-state index contributed by atoms with van der Waals surface area (Å²) >= 11 is 0. The molecule has 88 valence electrons. The molecule has 0 aliphatic rings. The Labute approximate surface area is 95.9 Å². The lowest BCUT2D eigenvalue weighted by Gasteiger charge is -2.12. The number of rotatable bonds is 3. The largest absolute Gasteiger partial charge is 0.356 e. The molecule has 7 nitrogen and oxygen atoms in total. The van der Waals surface area contributed by atoms with Gasteiger partial charge in [0.25, 0.3) is 5.56 Å². The van der Waals surface area contributed by atoms with Gasteiger partial charge < -0.3 is 5.32 Å². The van der Waals surface area contributed by atoms with Crippen molar-refractivity contribution >= 4 is 5.82 Å². The first-order chi connectivity index (χ1) is 8.16. The quantitative estimate of drug-likeness (QED) is 0.693. The highest BCUT2D eigenvalue weighted by Gasteiger charge is 2.09. The first-order valence-electron chi connectivity index (χ1n) is 5.03. The zero-order valence-electron chi connectivity index (χ0n) is 9.10. The molecule has 7 heteroatoms. The second kappa shape index (κ2) is 4.60. The fraction of sp³-hybridized carbons (Fsp3) is 0.200. The molecule has 0 aliphatic heterocycles. The standard InChI is InChI=1S/C10H11N5O2/c1-6(7-4-2-3-5-11-7)12-8-9(16)13-10(17)15-14-8/h2-6H,1H3,(H,12,14)(H2,13,15,16,17). The van der Waals surface area contributed by atoms with Crippen molar-refractivity contribution in [1.82, 2.24) is 20.2 Å². The van der Waals surface area contributed by atoms with Crippen LogP contribution in [0.2, 0.25) is 0 Å². The van der Waals surface area contributed by atoms with Crippen LogP contribution in [0.3, 0.4) is 0 Å². The minimum absolute atomic E-state index is 0.0581. The van der Waals surface area contributed by atoms with Gasteiger partial charge in [-0.25, -0.2) is 9.89 Å². The van der Waals surface area contributed by atoms with Gasteiger partial charge in [-0.2, -0.15) is 0 Å². The minimum atomic E-state index is -0.633. The van der Waals surface area contributed by atoms with Crippen molar-refractivity contribution in [3.8, 4) is 0 Å². The molecule has 17 heavy (non-hydrogen) atoms. The Hall–Kier alpha value is -2.44. The van der Waals surface area contributed by atoms with Gasteiger partial charge in [-0.3, -0.25) is 14.8 Å². The Morgan fingerprint density at radius 1 is 1.35 bits per heavy atom. The molecule has 0 aliphatic carbocycles. The Bertz CT molecular complexity index is 604. The Morgan fingerprint density at radius 3 is 2.82 bits per heavy atom. The van der Waals surface area contributed by atoms with Crippen LogP contribution in [0.15, 0.2) is 34.0 Å². The van der Waals surface area contributed by atoms with Crippen molar-refractivity contribution in [2.75, 3.05) is 5.32 Å². The predicted octanol–water partition coefficient (Wildman–Crippen LogP) is 0.0263. The maximum Gasteiger partial charge on any atom is 0.342 e. The number of nitrogens with one attached hydrogen (secondary N) is 3. The Kier molecular flexibility index (Phi) is 2.99. The summed E-state index contributed by atoms with van der Waals surface area (Å²) in [6, 6.07) is 5.31. The van der Waals surface area contributed by atoms with Crippen molar-refractivity contribution in [1.29, 1.82) is 0 Å². The van der Waals surface area contributed by atoms with Gasteiger partial charge in [-0.05, 0) is 19.1 Å². The molecule has 2 aromatic rings. The Morgan fingerprint density at radius 2 is 2.18 bits per heavy atom. The molecule has 0 radical (unpaired) electrons. The molecule has 1 atom stereocenters. The average Bonchev–Trinajstić information content (AvgIpc) is 2.34. The highest BCUT2D eigenvalue weighted by atomic mass is 16.2. The molecule has 2 heterocycles. The molecule has 0 spiro atoms. The van der Waals surface area contributed by atoms with Gasteiger partial charge in [0.2, 0.25) is 5.82 Å². The van der Waals surface area contributed by atoms with E-state index in [9.17, 15) is 9.59 Å². The maximum atomic E-state index is 11.4. The van der Waals surface area contributed by atoms with Crippen LogP contribution in [0.4, 0.5) is 5.82 Å². The highest BCUT2D eigenvalue weighted by Crippen LogP contribution is 2.11. The zero-order valence-corrected chi connectivity index (χ0v) is 9.10. The van der Waals surface area contributed by atoms with Crippen LogP contribution < -0.4 is 16.6 Å². The molecule has 2 aromatic heterocycles. The van der Waals surface area contributed by atoms with Crippen LogP contribution >= 0.6 is 0 Å². The second-order valence-corrected chi connectivity index (χ2v) is 3.48. The summed E-state index contributed by atoms with van der Waals surface area (Å²) in [5.74, 6) is 0.0581. The number of H-pyrrole nitrogens is 2. The maximum absolute atomic E-state index is 11.4. The number of aromatic nitrogens is 4. The number of hydrogen-bond donors (Lipinski definition) is 3. The van der Waals surface area contributed by atoms with E-state index in [1.165, 1.54) is 0 Å². The fourth-order valence-corrected chi connectivity index (χ4v) is 1.36. The van der Waals surface area contributed by atoms with Crippen molar-refractivity contribution in [2.24, 2.45) is 0 Å². The molecular formula is C10H11N5O2. The van der Waals surface area contributed by atoms with Crippen LogP contribution in [0.25, 0.3) is 0 Å². The van der Waals surface area contributed by atoms with Gasteiger partial charge in [0.15, 0.2) is 0 Å². The SMILES string of the molecule is CC(Nc1n[nH]c(=O)[nH]c1=O)c1ccccn1. The van der Waals surface area contributed by atoms with E-state index in [1.807, 2.05) is 19.1 Å². The van der Waals surface area contributed by atoms with Crippen molar-refractivity contribution in [3.63, 3.8) is 0 Å². The average molecular weight is 233 g/mol. The number of pyridine rings is 1. The third kappa shape index (κ3) is 2.57. The summed E-state index contributed by atoms with van der Waals surface area (Å²) in [6.45, 7) is 1.84. The number of aromatic amines is 2. The molecule has 0 fully saturated rings.